The number of rotatable bonds is 1. The Bertz CT molecular complexity index is 876. The largest absolute Gasteiger partial charge is 0.281 e. The van der Waals surface area contributed by atoms with Crippen LogP contribution in [0.2, 0.25) is 0 Å². The minimum Gasteiger partial charge on any atom is -0.281 e. The molecule has 3 heterocycles. The molecule has 89 valence electrons. The highest BCUT2D eigenvalue weighted by Gasteiger charge is 2.09. The second-order valence-corrected chi connectivity index (χ2v) is 4.14. The maximum absolute atomic E-state index is 4.33. The van der Waals surface area contributed by atoms with Crippen LogP contribution in [0.25, 0.3) is 27.8 Å². The highest BCUT2D eigenvalue weighted by atomic mass is 15.1. The van der Waals surface area contributed by atoms with Gasteiger partial charge >= 0.3 is 0 Å². The van der Waals surface area contributed by atoms with Crippen LogP contribution in [0.3, 0.4) is 0 Å². The third kappa shape index (κ3) is 1.48. The minimum absolute atomic E-state index is 0.763. The third-order valence-electron chi connectivity index (χ3n) is 3.03. The molecule has 4 rings (SSSR count). The number of imidazole rings is 1. The lowest BCUT2D eigenvalue weighted by molar-refractivity contribution is 1.06. The molecule has 0 spiro atoms. The molecule has 3 aromatic heterocycles. The zero-order chi connectivity index (χ0) is 12.7. The van der Waals surface area contributed by atoms with E-state index in [4.69, 9.17) is 0 Å². The van der Waals surface area contributed by atoms with Crippen LogP contribution in [-0.4, -0.2) is 24.5 Å². The van der Waals surface area contributed by atoms with Crippen molar-refractivity contribution in [2.24, 2.45) is 0 Å². The number of nitrogens with zero attached hydrogens (tertiary/aromatic N) is 5. The first-order valence-electron chi connectivity index (χ1n) is 5.83. The molecule has 0 aliphatic carbocycles. The minimum atomic E-state index is 0.763. The summed E-state index contributed by atoms with van der Waals surface area (Å²) in [6, 6.07) is 9.80. The maximum atomic E-state index is 4.33. The molecule has 4 aromatic rings. The van der Waals surface area contributed by atoms with Crippen LogP contribution in [0, 0.1) is 6.20 Å². The molecule has 0 unspecified atom stereocenters. The number of para-hydroxylation sites is 1. The molecule has 0 saturated carbocycles. The third-order valence-corrected chi connectivity index (χ3v) is 3.03. The van der Waals surface area contributed by atoms with Crippen molar-refractivity contribution < 1.29 is 0 Å². The van der Waals surface area contributed by atoms with Gasteiger partial charge in [0, 0.05) is 5.39 Å². The zero-order valence-electron chi connectivity index (χ0n) is 9.85. The van der Waals surface area contributed by atoms with E-state index in [-0.39, 0.29) is 0 Å². The fraction of sp³-hybridized carbons (Fsp3) is 0. The van der Waals surface area contributed by atoms with Gasteiger partial charge in [-0.25, -0.2) is 19.9 Å². The van der Waals surface area contributed by atoms with Crippen molar-refractivity contribution in [2.45, 2.75) is 0 Å². The molecule has 0 saturated heterocycles. The first kappa shape index (κ1) is 10.1. The predicted octanol–water partition coefficient (Wildman–Crippen LogP) is 2.16. The number of fused-ring (bicyclic) bond motifs is 2. The molecule has 1 aromatic carbocycles. The summed E-state index contributed by atoms with van der Waals surface area (Å²) in [5.41, 5.74) is 3.35. The van der Waals surface area contributed by atoms with E-state index in [0.29, 0.717) is 0 Å². The Labute approximate surface area is 108 Å². The van der Waals surface area contributed by atoms with Crippen molar-refractivity contribution in [3.8, 4) is 5.69 Å². The molecule has 19 heavy (non-hydrogen) atoms. The molecule has 0 N–H and O–H groups in total. The second kappa shape index (κ2) is 3.84. The van der Waals surface area contributed by atoms with Crippen LogP contribution in [0.5, 0.6) is 0 Å². The van der Waals surface area contributed by atoms with E-state index in [2.05, 4.69) is 26.1 Å². The molecule has 1 radical (unpaired) electrons. The van der Waals surface area contributed by atoms with Gasteiger partial charge in [0.25, 0.3) is 0 Å². The SMILES string of the molecule is [c]1ccc2cccc(-n3cnc4cncnc43)c2n1. The summed E-state index contributed by atoms with van der Waals surface area (Å²) >= 11 is 0. The van der Waals surface area contributed by atoms with E-state index in [1.165, 1.54) is 6.33 Å². The van der Waals surface area contributed by atoms with Gasteiger partial charge in [0.05, 0.1) is 23.6 Å². The Balaban J connectivity index is 2.10. The molecule has 0 aliphatic rings. The van der Waals surface area contributed by atoms with E-state index < -0.39 is 0 Å². The Morgan fingerprint density at radius 3 is 3.11 bits per heavy atom. The van der Waals surface area contributed by atoms with Gasteiger partial charge in [-0.2, -0.15) is 0 Å². The molecule has 0 aliphatic heterocycles. The van der Waals surface area contributed by atoms with Gasteiger partial charge in [-0.1, -0.05) is 18.2 Å². The Kier molecular flexibility index (Phi) is 2.05. The van der Waals surface area contributed by atoms with Crippen molar-refractivity contribution >= 4 is 22.1 Å². The number of benzene rings is 1. The molecule has 0 fully saturated rings. The van der Waals surface area contributed by atoms with Crippen molar-refractivity contribution in [1.82, 2.24) is 24.5 Å². The van der Waals surface area contributed by atoms with Gasteiger partial charge < -0.3 is 0 Å². The topological polar surface area (TPSA) is 56.5 Å². The van der Waals surface area contributed by atoms with Crippen LogP contribution in [0.15, 0.2) is 49.2 Å². The van der Waals surface area contributed by atoms with Crippen molar-refractivity contribution in [2.75, 3.05) is 0 Å². The van der Waals surface area contributed by atoms with E-state index in [9.17, 15) is 0 Å². The van der Waals surface area contributed by atoms with Crippen LogP contribution >= 0.6 is 0 Å². The number of pyridine rings is 1. The summed E-state index contributed by atoms with van der Waals surface area (Å²) in [7, 11) is 0. The summed E-state index contributed by atoms with van der Waals surface area (Å²) in [5, 5.41) is 1.06. The molecule has 0 amide bonds. The lowest BCUT2D eigenvalue weighted by atomic mass is 10.2. The Morgan fingerprint density at radius 2 is 2.11 bits per heavy atom. The molecule has 5 heteroatoms. The van der Waals surface area contributed by atoms with Crippen LogP contribution < -0.4 is 0 Å². The fourth-order valence-electron chi connectivity index (χ4n) is 2.17. The fourth-order valence-corrected chi connectivity index (χ4v) is 2.17. The maximum Gasteiger partial charge on any atom is 0.167 e. The first-order valence-corrected chi connectivity index (χ1v) is 5.83. The predicted molar refractivity (Wildman–Crippen MR) is 70.8 cm³/mol. The molecule has 5 nitrogen and oxygen atoms in total. The first-order chi connectivity index (χ1) is 9.43. The lowest BCUT2D eigenvalue weighted by Gasteiger charge is -2.06. The van der Waals surface area contributed by atoms with Crippen LogP contribution in [0.4, 0.5) is 0 Å². The van der Waals surface area contributed by atoms with Gasteiger partial charge in [0.15, 0.2) is 5.65 Å². The Hall–Kier alpha value is -2.82. The molecular formula is C14H8N5. The standard InChI is InChI=1S/C14H8N5/c1-3-10-4-2-6-16-13(10)12(5-1)19-9-18-11-7-15-8-17-14(11)19/h1-5,7-9H. The molecular weight excluding hydrogens is 238 g/mol. The highest BCUT2D eigenvalue weighted by molar-refractivity contribution is 5.88. The van der Waals surface area contributed by atoms with E-state index in [0.717, 1.165) is 27.8 Å². The van der Waals surface area contributed by atoms with E-state index in [1.54, 1.807) is 18.6 Å². The average Bonchev–Trinajstić information content (AvgIpc) is 2.90. The quantitative estimate of drug-likeness (QED) is 0.516. The molecule has 0 atom stereocenters. The summed E-state index contributed by atoms with van der Waals surface area (Å²) < 4.78 is 1.92. The lowest BCUT2D eigenvalue weighted by Crippen LogP contribution is -1.96. The van der Waals surface area contributed by atoms with Gasteiger partial charge in [-0.05, 0) is 12.1 Å². The van der Waals surface area contributed by atoms with Crippen molar-refractivity contribution in [3.05, 3.63) is 55.4 Å². The highest BCUT2D eigenvalue weighted by Crippen LogP contribution is 2.22. The Morgan fingerprint density at radius 1 is 1.11 bits per heavy atom. The van der Waals surface area contributed by atoms with Crippen molar-refractivity contribution in [1.29, 1.82) is 0 Å². The average molecular weight is 246 g/mol. The summed E-state index contributed by atoms with van der Waals surface area (Å²) in [6.07, 6.45) is 7.83. The van der Waals surface area contributed by atoms with Crippen molar-refractivity contribution in [3.63, 3.8) is 0 Å². The van der Waals surface area contributed by atoms with Gasteiger partial charge in [-0.15, -0.1) is 0 Å². The summed E-state index contributed by atoms with van der Waals surface area (Å²) in [4.78, 5) is 16.9. The number of aromatic nitrogens is 5. The van der Waals surface area contributed by atoms with Crippen LogP contribution in [-0.2, 0) is 0 Å². The normalized spacial score (nSPS) is 11.2. The molecule has 0 bridgehead atoms. The van der Waals surface area contributed by atoms with Gasteiger partial charge in [0.1, 0.15) is 18.2 Å². The number of hydrogen-bond donors (Lipinski definition) is 0. The number of hydrogen-bond acceptors (Lipinski definition) is 4. The zero-order valence-corrected chi connectivity index (χ0v) is 9.85. The summed E-state index contributed by atoms with van der Waals surface area (Å²) in [5.74, 6) is 0. The monoisotopic (exact) mass is 246 g/mol. The van der Waals surface area contributed by atoms with E-state index in [1.807, 2.05) is 28.8 Å². The summed E-state index contributed by atoms with van der Waals surface area (Å²) in [6.45, 7) is 0. The van der Waals surface area contributed by atoms with Crippen LogP contribution in [0.1, 0.15) is 0 Å². The smallest absolute Gasteiger partial charge is 0.167 e. The van der Waals surface area contributed by atoms with E-state index >= 15 is 0 Å². The second-order valence-electron chi connectivity index (χ2n) is 4.14. The van der Waals surface area contributed by atoms with Gasteiger partial charge in [-0.3, -0.25) is 4.57 Å². The van der Waals surface area contributed by atoms with Gasteiger partial charge in [0.2, 0.25) is 0 Å².